The number of hydrogen-bond donors (Lipinski definition) is 2. The van der Waals surface area contributed by atoms with Gasteiger partial charge in [-0.15, -0.1) is 0 Å². The van der Waals surface area contributed by atoms with E-state index in [1.54, 1.807) is 4.90 Å². The van der Waals surface area contributed by atoms with Crippen molar-refractivity contribution in [2.45, 2.75) is 39.2 Å². The minimum Gasteiger partial charge on any atom is -0.444 e. The second kappa shape index (κ2) is 7.46. The Morgan fingerprint density at radius 2 is 1.88 bits per heavy atom. The van der Waals surface area contributed by atoms with Crippen molar-refractivity contribution in [1.29, 1.82) is 0 Å². The van der Waals surface area contributed by atoms with Gasteiger partial charge in [0.2, 0.25) is 0 Å². The molecule has 0 aliphatic heterocycles. The number of aliphatic hydroxyl groups is 1. The summed E-state index contributed by atoms with van der Waals surface area (Å²) in [4.78, 5) is 13.3. The second-order valence-electron chi connectivity index (χ2n) is 4.69. The quantitative estimate of drug-likeness (QED) is 0.715. The zero-order valence-electron chi connectivity index (χ0n) is 10.5. The van der Waals surface area contributed by atoms with Gasteiger partial charge in [0.1, 0.15) is 5.60 Å². The van der Waals surface area contributed by atoms with Crippen molar-refractivity contribution in [3.05, 3.63) is 0 Å². The molecule has 0 aliphatic rings. The van der Waals surface area contributed by atoms with Crippen LogP contribution in [0.4, 0.5) is 4.79 Å². The smallest absolute Gasteiger partial charge is 0.410 e. The van der Waals surface area contributed by atoms with Crippen molar-refractivity contribution in [2.75, 3.05) is 26.2 Å². The van der Waals surface area contributed by atoms with Gasteiger partial charge in [0.25, 0.3) is 0 Å². The third-order valence-electron chi connectivity index (χ3n) is 1.87. The number of carbonyl (C=O) groups excluding carboxylic acids is 1. The molecule has 0 aromatic rings. The number of rotatable bonds is 6. The Labute approximate surface area is 97.6 Å². The molecular weight excluding hydrogens is 208 g/mol. The van der Waals surface area contributed by atoms with E-state index in [-0.39, 0.29) is 12.7 Å². The van der Waals surface area contributed by atoms with Crippen LogP contribution in [0.2, 0.25) is 0 Å². The molecule has 0 atom stereocenters. The lowest BCUT2D eigenvalue weighted by molar-refractivity contribution is 0.0240. The van der Waals surface area contributed by atoms with E-state index < -0.39 is 5.60 Å². The lowest BCUT2D eigenvalue weighted by atomic mass is 10.2. The van der Waals surface area contributed by atoms with E-state index in [1.165, 1.54) is 0 Å². The third kappa shape index (κ3) is 7.48. The highest BCUT2D eigenvalue weighted by molar-refractivity contribution is 5.68. The highest BCUT2D eigenvalue weighted by Crippen LogP contribution is 2.10. The first-order chi connectivity index (χ1) is 7.40. The SMILES string of the molecule is CC(C)(C)OC(=O)N(CCCN)CCCO. The van der Waals surface area contributed by atoms with E-state index in [2.05, 4.69) is 0 Å². The number of ether oxygens (including phenoxy) is 1. The van der Waals surface area contributed by atoms with Crippen LogP contribution in [-0.4, -0.2) is 47.9 Å². The summed E-state index contributed by atoms with van der Waals surface area (Å²) in [6, 6.07) is 0. The predicted octanol–water partition coefficient (Wildman–Crippen LogP) is 0.955. The predicted molar refractivity (Wildman–Crippen MR) is 63.2 cm³/mol. The van der Waals surface area contributed by atoms with Crippen LogP contribution in [0.5, 0.6) is 0 Å². The molecule has 1 amide bonds. The minimum absolute atomic E-state index is 0.0714. The highest BCUT2D eigenvalue weighted by Gasteiger charge is 2.21. The number of carbonyl (C=O) groups is 1. The van der Waals surface area contributed by atoms with Crippen molar-refractivity contribution in [2.24, 2.45) is 5.73 Å². The van der Waals surface area contributed by atoms with E-state index in [0.717, 1.165) is 6.42 Å². The monoisotopic (exact) mass is 232 g/mol. The molecular formula is C11H24N2O3. The van der Waals surface area contributed by atoms with Crippen molar-refractivity contribution in [3.63, 3.8) is 0 Å². The largest absolute Gasteiger partial charge is 0.444 e. The summed E-state index contributed by atoms with van der Waals surface area (Å²) >= 11 is 0. The van der Waals surface area contributed by atoms with Gasteiger partial charge in [-0.05, 0) is 40.2 Å². The van der Waals surface area contributed by atoms with Gasteiger partial charge in [-0.2, -0.15) is 0 Å². The summed E-state index contributed by atoms with van der Waals surface area (Å²) in [6.45, 7) is 7.19. The van der Waals surface area contributed by atoms with E-state index in [4.69, 9.17) is 15.6 Å². The molecule has 0 spiro atoms. The molecule has 0 aliphatic carbocycles. The molecule has 0 unspecified atom stereocenters. The van der Waals surface area contributed by atoms with Crippen LogP contribution in [0.25, 0.3) is 0 Å². The fourth-order valence-electron chi connectivity index (χ4n) is 1.16. The molecule has 0 radical (unpaired) electrons. The minimum atomic E-state index is -0.489. The Morgan fingerprint density at radius 3 is 2.31 bits per heavy atom. The number of hydrogen-bond acceptors (Lipinski definition) is 4. The third-order valence-corrected chi connectivity index (χ3v) is 1.87. The van der Waals surface area contributed by atoms with Gasteiger partial charge < -0.3 is 20.5 Å². The van der Waals surface area contributed by atoms with Gasteiger partial charge >= 0.3 is 6.09 Å². The Bertz CT molecular complexity index is 194. The van der Waals surface area contributed by atoms with Gasteiger partial charge in [-0.25, -0.2) is 4.79 Å². The molecule has 0 heterocycles. The standard InChI is InChI=1S/C11H24N2O3/c1-11(2,3)16-10(15)13(7-4-6-12)8-5-9-14/h14H,4-9,12H2,1-3H3. The van der Waals surface area contributed by atoms with Crippen LogP contribution in [-0.2, 0) is 4.74 Å². The zero-order chi connectivity index (χ0) is 12.6. The molecule has 0 bridgehead atoms. The van der Waals surface area contributed by atoms with E-state index in [9.17, 15) is 4.79 Å². The zero-order valence-corrected chi connectivity index (χ0v) is 10.5. The van der Waals surface area contributed by atoms with E-state index in [0.29, 0.717) is 26.1 Å². The Balaban J connectivity index is 4.19. The van der Waals surface area contributed by atoms with Crippen LogP contribution in [0, 0.1) is 0 Å². The molecule has 16 heavy (non-hydrogen) atoms. The maximum absolute atomic E-state index is 11.8. The van der Waals surface area contributed by atoms with Gasteiger partial charge in [0.15, 0.2) is 0 Å². The van der Waals surface area contributed by atoms with E-state index >= 15 is 0 Å². The molecule has 3 N–H and O–H groups in total. The normalized spacial score (nSPS) is 11.3. The lowest BCUT2D eigenvalue weighted by Gasteiger charge is -2.27. The molecule has 5 heteroatoms. The lowest BCUT2D eigenvalue weighted by Crippen LogP contribution is -2.38. The Morgan fingerprint density at radius 1 is 1.31 bits per heavy atom. The van der Waals surface area contributed by atoms with Crippen LogP contribution in [0.1, 0.15) is 33.6 Å². The maximum Gasteiger partial charge on any atom is 0.410 e. The molecule has 0 aromatic carbocycles. The highest BCUT2D eigenvalue weighted by atomic mass is 16.6. The first-order valence-corrected chi connectivity index (χ1v) is 5.69. The molecule has 0 aromatic heterocycles. The van der Waals surface area contributed by atoms with Crippen molar-refractivity contribution < 1.29 is 14.6 Å². The summed E-state index contributed by atoms with van der Waals surface area (Å²) in [6.07, 6.45) is 0.962. The topological polar surface area (TPSA) is 75.8 Å². The molecule has 0 saturated heterocycles. The molecule has 0 saturated carbocycles. The van der Waals surface area contributed by atoms with Gasteiger partial charge in [-0.1, -0.05) is 0 Å². The van der Waals surface area contributed by atoms with Crippen molar-refractivity contribution >= 4 is 6.09 Å². The number of aliphatic hydroxyl groups excluding tert-OH is 1. The number of nitrogens with two attached hydrogens (primary N) is 1. The number of amides is 1. The molecule has 5 nitrogen and oxygen atoms in total. The molecule has 0 fully saturated rings. The average Bonchev–Trinajstić information content (AvgIpc) is 2.15. The van der Waals surface area contributed by atoms with Crippen LogP contribution < -0.4 is 5.73 Å². The summed E-state index contributed by atoms with van der Waals surface area (Å²) in [5, 5.41) is 8.75. The Hall–Kier alpha value is -0.810. The first kappa shape index (κ1) is 15.2. The second-order valence-corrected chi connectivity index (χ2v) is 4.69. The Kier molecular flexibility index (Phi) is 7.08. The van der Waals surface area contributed by atoms with Crippen LogP contribution in [0.15, 0.2) is 0 Å². The van der Waals surface area contributed by atoms with Crippen LogP contribution in [0.3, 0.4) is 0 Å². The first-order valence-electron chi connectivity index (χ1n) is 5.69. The summed E-state index contributed by atoms with van der Waals surface area (Å²) in [7, 11) is 0. The van der Waals surface area contributed by atoms with Crippen molar-refractivity contribution in [1.82, 2.24) is 4.90 Å². The van der Waals surface area contributed by atoms with Crippen LogP contribution >= 0.6 is 0 Å². The fraction of sp³-hybridized carbons (Fsp3) is 0.909. The molecule has 96 valence electrons. The maximum atomic E-state index is 11.8. The molecule has 0 rings (SSSR count). The summed E-state index contributed by atoms with van der Waals surface area (Å²) in [5.41, 5.74) is 4.92. The van der Waals surface area contributed by atoms with Gasteiger partial charge in [0, 0.05) is 19.7 Å². The van der Waals surface area contributed by atoms with Gasteiger partial charge in [0.05, 0.1) is 0 Å². The fourth-order valence-corrected chi connectivity index (χ4v) is 1.16. The van der Waals surface area contributed by atoms with Gasteiger partial charge in [-0.3, -0.25) is 0 Å². The van der Waals surface area contributed by atoms with Crippen molar-refractivity contribution in [3.8, 4) is 0 Å². The summed E-state index contributed by atoms with van der Waals surface area (Å²) < 4.78 is 5.26. The summed E-state index contributed by atoms with van der Waals surface area (Å²) in [5.74, 6) is 0. The average molecular weight is 232 g/mol. The van der Waals surface area contributed by atoms with E-state index in [1.807, 2.05) is 20.8 Å². The number of nitrogens with zero attached hydrogens (tertiary/aromatic N) is 1.